The SMILES string of the molecule is CCS(=O)(=O)NC1CCOCC1COc1ccc(-c2ccc(Cl)nc2)cc1. The molecule has 2 atom stereocenters. The van der Waals surface area contributed by atoms with Gasteiger partial charge >= 0.3 is 0 Å². The first-order valence-electron chi connectivity index (χ1n) is 8.89. The molecule has 1 aliphatic heterocycles. The minimum atomic E-state index is -3.25. The van der Waals surface area contributed by atoms with Crippen molar-refractivity contribution in [3.05, 3.63) is 47.7 Å². The molecule has 0 bridgehead atoms. The summed E-state index contributed by atoms with van der Waals surface area (Å²) in [5.41, 5.74) is 1.99. The van der Waals surface area contributed by atoms with Gasteiger partial charge in [-0.05, 0) is 43.2 Å². The van der Waals surface area contributed by atoms with E-state index in [-0.39, 0.29) is 17.7 Å². The number of hydrogen-bond donors (Lipinski definition) is 1. The van der Waals surface area contributed by atoms with Gasteiger partial charge in [-0.25, -0.2) is 18.1 Å². The van der Waals surface area contributed by atoms with Gasteiger partial charge in [-0.2, -0.15) is 0 Å². The second-order valence-electron chi connectivity index (χ2n) is 6.46. The number of ether oxygens (including phenoxy) is 2. The smallest absolute Gasteiger partial charge is 0.211 e. The molecule has 2 unspecified atom stereocenters. The van der Waals surface area contributed by atoms with E-state index >= 15 is 0 Å². The molecule has 3 rings (SSSR count). The highest BCUT2D eigenvalue weighted by atomic mass is 35.5. The van der Waals surface area contributed by atoms with Crippen LogP contribution >= 0.6 is 11.6 Å². The van der Waals surface area contributed by atoms with Crippen LogP contribution in [0.25, 0.3) is 11.1 Å². The minimum Gasteiger partial charge on any atom is -0.493 e. The molecule has 0 spiro atoms. The van der Waals surface area contributed by atoms with E-state index in [9.17, 15) is 8.42 Å². The molecule has 1 aromatic carbocycles. The number of nitrogens with zero attached hydrogens (tertiary/aromatic N) is 1. The first-order valence-corrected chi connectivity index (χ1v) is 10.9. The van der Waals surface area contributed by atoms with Crippen LogP contribution in [-0.2, 0) is 14.8 Å². The van der Waals surface area contributed by atoms with Crippen molar-refractivity contribution >= 4 is 21.6 Å². The fourth-order valence-electron chi connectivity index (χ4n) is 2.92. The molecule has 6 nitrogen and oxygen atoms in total. The summed E-state index contributed by atoms with van der Waals surface area (Å²) in [5, 5.41) is 0.460. The molecule has 0 radical (unpaired) electrons. The number of benzene rings is 1. The summed E-state index contributed by atoms with van der Waals surface area (Å²) in [7, 11) is -3.25. The number of nitrogens with one attached hydrogen (secondary N) is 1. The average Bonchev–Trinajstić information content (AvgIpc) is 2.68. The van der Waals surface area contributed by atoms with Crippen LogP contribution in [0.3, 0.4) is 0 Å². The van der Waals surface area contributed by atoms with E-state index in [2.05, 4.69) is 9.71 Å². The first-order chi connectivity index (χ1) is 13.0. The van der Waals surface area contributed by atoms with E-state index in [4.69, 9.17) is 21.1 Å². The summed E-state index contributed by atoms with van der Waals surface area (Å²) >= 11 is 5.82. The molecule has 1 saturated heterocycles. The fourth-order valence-corrected chi connectivity index (χ4v) is 3.97. The second-order valence-corrected chi connectivity index (χ2v) is 8.89. The van der Waals surface area contributed by atoms with Crippen molar-refractivity contribution in [2.45, 2.75) is 19.4 Å². The zero-order valence-electron chi connectivity index (χ0n) is 15.1. The normalized spacial score (nSPS) is 20.4. The largest absolute Gasteiger partial charge is 0.493 e. The van der Waals surface area contributed by atoms with Crippen LogP contribution < -0.4 is 9.46 Å². The third-order valence-electron chi connectivity index (χ3n) is 4.56. The van der Waals surface area contributed by atoms with Gasteiger partial charge in [0.2, 0.25) is 10.0 Å². The lowest BCUT2D eigenvalue weighted by Gasteiger charge is -2.31. The summed E-state index contributed by atoms with van der Waals surface area (Å²) < 4.78 is 37.9. The summed E-state index contributed by atoms with van der Waals surface area (Å²) in [6.07, 6.45) is 2.37. The van der Waals surface area contributed by atoms with Gasteiger partial charge in [0, 0.05) is 30.3 Å². The maximum Gasteiger partial charge on any atom is 0.211 e. The lowest BCUT2D eigenvalue weighted by molar-refractivity contribution is 0.0186. The van der Waals surface area contributed by atoms with Gasteiger partial charge in [-0.15, -0.1) is 0 Å². The van der Waals surface area contributed by atoms with E-state index in [0.29, 0.717) is 31.4 Å². The number of rotatable bonds is 7. The quantitative estimate of drug-likeness (QED) is 0.709. The molecule has 2 heterocycles. The van der Waals surface area contributed by atoms with E-state index in [1.165, 1.54) is 0 Å². The Bertz CT molecular complexity index is 841. The van der Waals surface area contributed by atoms with Gasteiger partial charge in [0.05, 0.1) is 19.0 Å². The monoisotopic (exact) mass is 410 g/mol. The van der Waals surface area contributed by atoms with Crippen LogP contribution in [0.5, 0.6) is 5.75 Å². The zero-order valence-corrected chi connectivity index (χ0v) is 16.7. The summed E-state index contributed by atoms with van der Waals surface area (Å²) in [6, 6.07) is 11.2. The van der Waals surface area contributed by atoms with E-state index in [1.807, 2.05) is 30.3 Å². The van der Waals surface area contributed by atoms with Crippen molar-refractivity contribution in [3.63, 3.8) is 0 Å². The molecule has 0 amide bonds. The zero-order chi connectivity index (χ0) is 19.3. The molecular weight excluding hydrogens is 388 g/mol. The van der Waals surface area contributed by atoms with Gasteiger partial charge in [0.15, 0.2) is 0 Å². The van der Waals surface area contributed by atoms with Gasteiger partial charge in [-0.3, -0.25) is 0 Å². The number of pyridine rings is 1. The third-order valence-corrected chi connectivity index (χ3v) is 6.21. The maximum absolute atomic E-state index is 11.9. The number of hydrogen-bond acceptors (Lipinski definition) is 5. The van der Waals surface area contributed by atoms with Crippen molar-refractivity contribution in [2.24, 2.45) is 5.92 Å². The molecule has 0 saturated carbocycles. The van der Waals surface area contributed by atoms with E-state index in [1.54, 1.807) is 19.2 Å². The van der Waals surface area contributed by atoms with Crippen molar-refractivity contribution < 1.29 is 17.9 Å². The summed E-state index contributed by atoms with van der Waals surface area (Å²) in [5.74, 6) is 0.766. The predicted molar refractivity (Wildman–Crippen MR) is 105 cm³/mol. The molecule has 8 heteroatoms. The topological polar surface area (TPSA) is 77.5 Å². The number of sulfonamides is 1. The molecule has 1 aliphatic rings. The lowest BCUT2D eigenvalue weighted by atomic mass is 9.98. The standard InChI is InChI=1S/C19H23ClN2O4S/c1-2-27(23,24)22-18-9-10-25-12-16(18)13-26-17-6-3-14(4-7-17)15-5-8-19(20)21-11-15/h3-8,11,16,18,22H,2,9-10,12-13H2,1H3. The maximum atomic E-state index is 11.9. The van der Waals surface area contributed by atoms with Gasteiger partial charge in [-0.1, -0.05) is 23.7 Å². The molecule has 0 aliphatic carbocycles. The van der Waals surface area contributed by atoms with E-state index in [0.717, 1.165) is 16.9 Å². The van der Waals surface area contributed by atoms with Crippen LogP contribution in [0.4, 0.5) is 0 Å². The Labute approximate surface area is 164 Å². The van der Waals surface area contributed by atoms with E-state index < -0.39 is 10.0 Å². The van der Waals surface area contributed by atoms with Crippen molar-refractivity contribution in [1.82, 2.24) is 9.71 Å². The van der Waals surface area contributed by atoms with Crippen LogP contribution in [0.15, 0.2) is 42.6 Å². The number of halogens is 1. The molecule has 146 valence electrons. The highest BCUT2D eigenvalue weighted by Crippen LogP contribution is 2.24. The van der Waals surface area contributed by atoms with Gasteiger partial charge in [0.1, 0.15) is 10.9 Å². The van der Waals surface area contributed by atoms with Crippen molar-refractivity contribution in [3.8, 4) is 16.9 Å². The highest BCUT2D eigenvalue weighted by Gasteiger charge is 2.29. The van der Waals surface area contributed by atoms with Crippen molar-refractivity contribution in [2.75, 3.05) is 25.6 Å². The van der Waals surface area contributed by atoms with Gasteiger partial charge in [0.25, 0.3) is 0 Å². The van der Waals surface area contributed by atoms with Crippen LogP contribution in [0.1, 0.15) is 13.3 Å². The Balaban J connectivity index is 1.60. The Morgan fingerprint density at radius 3 is 2.63 bits per heavy atom. The Hall–Kier alpha value is -1.67. The fraction of sp³-hybridized carbons (Fsp3) is 0.421. The number of aromatic nitrogens is 1. The third kappa shape index (κ3) is 5.65. The van der Waals surface area contributed by atoms with Crippen LogP contribution in [0, 0.1) is 5.92 Å². The van der Waals surface area contributed by atoms with Crippen LogP contribution in [-0.4, -0.2) is 45.0 Å². The van der Waals surface area contributed by atoms with Crippen LogP contribution in [0.2, 0.25) is 5.15 Å². The molecule has 2 aromatic rings. The Kier molecular flexibility index (Phi) is 6.70. The minimum absolute atomic E-state index is 0.0276. The average molecular weight is 411 g/mol. The molecule has 1 fully saturated rings. The molecule has 1 aromatic heterocycles. The molecule has 27 heavy (non-hydrogen) atoms. The Morgan fingerprint density at radius 2 is 1.96 bits per heavy atom. The molecule has 1 N–H and O–H groups in total. The Morgan fingerprint density at radius 1 is 1.22 bits per heavy atom. The molecular formula is C19H23ClN2O4S. The van der Waals surface area contributed by atoms with Crippen molar-refractivity contribution in [1.29, 1.82) is 0 Å². The predicted octanol–water partition coefficient (Wildman–Crippen LogP) is 3.13. The lowest BCUT2D eigenvalue weighted by Crippen LogP contribution is -2.47. The first kappa shape index (κ1) is 20.1. The van der Waals surface area contributed by atoms with Gasteiger partial charge < -0.3 is 9.47 Å². The summed E-state index contributed by atoms with van der Waals surface area (Å²) in [6.45, 7) is 3.05. The second kappa shape index (κ2) is 9.01. The summed E-state index contributed by atoms with van der Waals surface area (Å²) in [4.78, 5) is 4.08. The highest BCUT2D eigenvalue weighted by molar-refractivity contribution is 7.89.